The van der Waals surface area contributed by atoms with Gasteiger partial charge in [-0.1, -0.05) is 306 Å². The van der Waals surface area contributed by atoms with Gasteiger partial charge in [0.1, 0.15) is 13.2 Å². The zero-order chi connectivity index (χ0) is 60.5. The van der Waals surface area contributed by atoms with Crippen LogP contribution in [0.3, 0.4) is 0 Å². The maximum Gasteiger partial charge on any atom is 0.361 e. The van der Waals surface area contributed by atoms with E-state index in [1.807, 2.05) is 21.1 Å². The van der Waals surface area contributed by atoms with Crippen molar-refractivity contribution in [3.63, 3.8) is 0 Å². The van der Waals surface area contributed by atoms with Gasteiger partial charge in [0.05, 0.1) is 34.4 Å². The van der Waals surface area contributed by atoms with E-state index in [4.69, 9.17) is 18.9 Å². The lowest BCUT2D eigenvalue weighted by Gasteiger charge is -2.25. The van der Waals surface area contributed by atoms with Gasteiger partial charge in [-0.25, -0.2) is 4.79 Å². The molecule has 484 valence electrons. The molecule has 83 heavy (non-hydrogen) atoms. The SMILES string of the molecule is CC/C=C\C/C=C\C/C=C\C/C=C\CCCCCCCCCCCCCCCCCCCCCCCCCCC(=O)OC(COC(=O)CCCCCCCCCCC/C=C\CCCCCCCCCC)COC(OCC[N+](C)(C)C)C(=O)O. The molecule has 2 atom stereocenters. The number of carbonyl (C=O) groups excluding carboxylic acids is 2. The number of unbranched alkanes of at least 4 members (excludes halogenated alkanes) is 41. The number of ether oxygens (including phenoxy) is 4. The van der Waals surface area contributed by atoms with Crippen molar-refractivity contribution in [2.24, 2.45) is 0 Å². The molecular weight excluding hydrogens is 1030 g/mol. The van der Waals surface area contributed by atoms with E-state index in [1.54, 1.807) is 0 Å². The van der Waals surface area contributed by atoms with Gasteiger partial charge in [-0.3, -0.25) is 9.59 Å². The summed E-state index contributed by atoms with van der Waals surface area (Å²) in [5, 5.41) is 9.74. The second kappa shape index (κ2) is 65.0. The number of rotatable bonds is 66. The first-order valence-electron chi connectivity index (χ1n) is 35.5. The summed E-state index contributed by atoms with van der Waals surface area (Å²) in [5.74, 6) is -1.98. The molecule has 0 radical (unpaired) electrons. The summed E-state index contributed by atoms with van der Waals surface area (Å²) >= 11 is 0. The minimum absolute atomic E-state index is 0.179. The Morgan fingerprint density at radius 1 is 0.373 bits per heavy atom. The Bertz CT molecular complexity index is 1550. The number of carbonyl (C=O) groups is 3. The molecule has 9 nitrogen and oxygen atoms in total. The van der Waals surface area contributed by atoms with Crippen LogP contribution in [0, 0.1) is 0 Å². The summed E-state index contributed by atoms with van der Waals surface area (Å²) < 4.78 is 23.0. The van der Waals surface area contributed by atoms with E-state index < -0.39 is 18.4 Å². The van der Waals surface area contributed by atoms with Crippen molar-refractivity contribution in [1.82, 2.24) is 0 Å². The predicted octanol–water partition coefficient (Wildman–Crippen LogP) is 21.9. The average molecular weight is 1170 g/mol. The summed E-state index contributed by atoms with van der Waals surface area (Å²) in [4.78, 5) is 37.6. The van der Waals surface area contributed by atoms with E-state index in [9.17, 15) is 19.5 Å². The Morgan fingerprint density at radius 3 is 1.04 bits per heavy atom. The summed E-state index contributed by atoms with van der Waals surface area (Å²) in [7, 11) is 5.99. The Balaban J connectivity index is 4.01. The van der Waals surface area contributed by atoms with Crippen LogP contribution in [0.1, 0.15) is 335 Å². The first-order valence-corrected chi connectivity index (χ1v) is 35.5. The Morgan fingerprint density at radius 2 is 0.687 bits per heavy atom. The highest BCUT2D eigenvalue weighted by Gasteiger charge is 2.25. The first kappa shape index (κ1) is 80.0. The number of aliphatic carboxylic acids is 1. The molecule has 0 aromatic carbocycles. The van der Waals surface area contributed by atoms with E-state index in [1.165, 1.54) is 244 Å². The lowest BCUT2D eigenvalue weighted by Crippen LogP contribution is -2.40. The lowest BCUT2D eigenvalue weighted by molar-refractivity contribution is -0.870. The van der Waals surface area contributed by atoms with Crippen LogP contribution in [-0.4, -0.2) is 87.4 Å². The van der Waals surface area contributed by atoms with Gasteiger partial charge in [-0.2, -0.15) is 0 Å². The molecule has 0 fully saturated rings. The lowest BCUT2D eigenvalue weighted by atomic mass is 10.0. The van der Waals surface area contributed by atoms with Crippen LogP contribution in [0.25, 0.3) is 0 Å². The topological polar surface area (TPSA) is 108 Å². The number of carboxylic acid groups (broad SMARTS) is 1. The maximum atomic E-state index is 12.9. The number of nitrogens with zero attached hydrogens (tertiary/aromatic N) is 1. The van der Waals surface area contributed by atoms with Gasteiger partial charge in [-0.05, 0) is 77.0 Å². The van der Waals surface area contributed by atoms with Gasteiger partial charge < -0.3 is 28.5 Å². The molecule has 0 saturated heterocycles. The van der Waals surface area contributed by atoms with Crippen LogP contribution in [0.15, 0.2) is 60.8 Å². The highest BCUT2D eigenvalue weighted by atomic mass is 16.7. The smallest absolute Gasteiger partial charge is 0.361 e. The van der Waals surface area contributed by atoms with Gasteiger partial charge in [0.2, 0.25) is 0 Å². The van der Waals surface area contributed by atoms with Gasteiger partial charge >= 0.3 is 17.9 Å². The Hall–Kier alpha value is -3.01. The molecule has 0 aromatic heterocycles. The second-order valence-corrected chi connectivity index (χ2v) is 25.2. The number of hydrogen-bond acceptors (Lipinski definition) is 7. The molecule has 9 heteroatoms. The fourth-order valence-electron chi connectivity index (χ4n) is 10.4. The normalized spacial score (nSPS) is 13.0. The number of quaternary nitrogens is 1. The molecule has 0 bridgehead atoms. The van der Waals surface area contributed by atoms with Crippen molar-refractivity contribution >= 4 is 17.9 Å². The first-order chi connectivity index (χ1) is 40.6. The van der Waals surface area contributed by atoms with Crippen molar-refractivity contribution in [3.8, 4) is 0 Å². The zero-order valence-corrected chi connectivity index (χ0v) is 55.4. The number of likely N-dealkylation sites (N-methyl/N-ethyl adjacent to an activating group) is 1. The highest BCUT2D eigenvalue weighted by molar-refractivity contribution is 5.71. The van der Waals surface area contributed by atoms with E-state index >= 15 is 0 Å². The van der Waals surface area contributed by atoms with Crippen LogP contribution in [-0.2, 0) is 33.3 Å². The fourth-order valence-corrected chi connectivity index (χ4v) is 10.4. The summed E-state index contributed by atoms with van der Waals surface area (Å²) in [5.41, 5.74) is 0. The van der Waals surface area contributed by atoms with Crippen molar-refractivity contribution in [2.75, 3.05) is 47.5 Å². The van der Waals surface area contributed by atoms with Gasteiger partial charge in [0.15, 0.2) is 6.10 Å². The Labute approximate surface area is 514 Å². The quantitative estimate of drug-likeness (QED) is 0.0211. The van der Waals surface area contributed by atoms with Gasteiger partial charge in [0.25, 0.3) is 6.29 Å². The number of allylic oxidation sites excluding steroid dienone is 10. The third-order valence-electron chi connectivity index (χ3n) is 15.8. The van der Waals surface area contributed by atoms with Gasteiger partial charge in [0, 0.05) is 12.8 Å². The van der Waals surface area contributed by atoms with Crippen LogP contribution in [0.2, 0.25) is 0 Å². The molecule has 0 saturated carbocycles. The largest absolute Gasteiger partial charge is 0.477 e. The van der Waals surface area contributed by atoms with Crippen molar-refractivity contribution in [2.45, 2.75) is 347 Å². The standard InChI is InChI=1S/C74H135NO8/c1-6-8-10-12-14-16-18-20-22-24-26-28-29-30-31-32-33-34-35-36-37-38-39-40-41-42-43-45-47-49-51-53-55-57-59-61-63-65-72(77)83-70(69-82-74(73(78)79)80-67-66-75(3,4)5)68-81-71(76)64-62-60-58-56-54-52-50-48-46-44-27-25-23-21-19-17-15-13-11-9-7-2/h8,10,14,16,20,22,25-28,70,74H,6-7,9,11-13,15,17-19,21,23-24,29-69H2,1-5H3/p+1/b10-8-,16-14-,22-20-,27-25-,28-26-. The third kappa shape index (κ3) is 66.4. The molecule has 0 heterocycles. The van der Waals surface area contributed by atoms with Crippen LogP contribution in [0.5, 0.6) is 0 Å². The van der Waals surface area contributed by atoms with E-state index in [0.717, 1.165) is 64.2 Å². The second-order valence-electron chi connectivity index (χ2n) is 25.2. The van der Waals surface area contributed by atoms with Crippen molar-refractivity contribution in [3.05, 3.63) is 60.8 Å². The molecule has 0 aliphatic carbocycles. The van der Waals surface area contributed by atoms with Crippen LogP contribution >= 0.6 is 0 Å². The molecule has 1 N–H and O–H groups in total. The summed E-state index contributed by atoms with van der Waals surface area (Å²) in [6.07, 6.45) is 82.0. The molecule has 0 aliphatic rings. The van der Waals surface area contributed by atoms with E-state index in [2.05, 4.69) is 74.6 Å². The zero-order valence-electron chi connectivity index (χ0n) is 55.4. The van der Waals surface area contributed by atoms with Gasteiger partial charge in [-0.15, -0.1) is 0 Å². The minimum atomic E-state index is -1.51. The predicted molar refractivity (Wildman–Crippen MR) is 355 cm³/mol. The molecule has 0 aromatic rings. The molecule has 0 rings (SSSR count). The van der Waals surface area contributed by atoms with Crippen molar-refractivity contribution in [1.29, 1.82) is 0 Å². The van der Waals surface area contributed by atoms with Crippen molar-refractivity contribution < 1.29 is 42.9 Å². The number of carboxylic acids is 1. The number of esters is 2. The highest BCUT2D eigenvalue weighted by Crippen LogP contribution is 2.18. The molecule has 0 aliphatic heterocycles. The number of hydrogen-bond donors (Lipinski definition) is 1. The monoisotopic (exact) mass is 1170 g/mol. The van der Waals surface area contributed by atoms with Crippen LogP contribution < -0.4 is 0 Å². The molecule has 0 spiro atoms. The molecule has 2 unspecified atom stereocenters. The van der Waals surface area contributed by atoms with E-state index in [-0.39, 0.29) is 38.2 Å². The summed E-state index contributed by atoms with van der Waals surface area (Å²) in [6.45, 7) is 4.81. The molecular formula is C74H136NO8+. The van der Waals surface area contributed by atoms with Crippen LogP contribution in [0.4, 0.5) is 0 Å². The molecule has 0 amide bonds. The Kier molecular flexibility index (Phi) is 62.6. The van der Waals surface area contributed by atoms with E-state index in [0.29, 0.717) is 17.4 Å². The fraction of sp³-hybridized carbons (Fsp3) is 0.824. The summed E-state index contributed by atoms with van der Waals surface area (Å²) in [6, 6.07) is 0. The third-order valence-corrected chi connectivity index (χ3v) is 15.8. The average Bonchev–Trinajstić information content (AvgIpc) is 3.46. The maximum absolute atomic E-state index is 12.9. The minimum Gasteiger partial charge on any atom is -0.477 e.